The summed E-state index contributed by atoms with van der Waals surface area (Å²) < 4.78 is 78.2. The molecular formula is C21H20F5NO4. The Hall–Kier alpha value is -2.88. The average Bonchev–Trinajstić information content (AvgIpc) is 3.14. The Morgan fingerprint density at radius 1 is 1.10 bits per heavy atom. The Balaban J connectivity index is 1.73. The Morgan fingerprint density at radius 3 is 2.29 bits per heavy atom. The second kappa shape index (κ2) is 9.51. The van der Waals surface area contributed by atoms with Crippen LogP contribution >= 0.6 is 0 Å². The first-order valence-electron chi connectivity index (χ1n) is 9.36. The van der Waals surface area contributed by atoms with Gasteiger partial charge in [-0.05, 0) is 48.5 Å². The van der Waals surface area contributed by atoms with Gasteiger partial charge in [-0.2, -0.15) is 22.0 Å². The number of rotatable bonds is 7. The van der Waals surface area contributed by atoms with E-state index in [2.05, 4.69) is 9.47 Å². The topological polar surface area (TPSA) is 48.0 Å². The van der Waals surface area contributed by atoms with E-state index in [9.17, 15) is 26.7 Å². The molecule has 10 heteroatoms. The van der Waals surface area contributed by atoms with Gasteiger partial charge in [0.2, 0.25) is 0 Å². The van der Waals surface area contributed by atoms with E-state index < -0.39 is 36.5 Å². The van der Waals surface area contributed by atoms with Gasteiger partial charge in [0.1, 0.15) is 11.9 Å². The first kappa shape index (κ1) is 22.8. The summed E-state index contributed by atoms with van der Waals surface area (Å²) in [6.07, 6.45) is -4.58. The van der Waals surface area contributed by atoms with Gasteiger partial charge >= 0.3 is 18.8 Å². The van der Waals surface area contributed by atoms with E-state index in [4.69, 9.17) is 4.74 Å². The van der Waals surface area contributed by atoms with Gasteiger partial charge < -0.3 is 19.1 Å². The Bertz CT molecular complexity index is 871. The molecule has 0 amide bonds. The van der Waals surface area contributed by atoms with Gasteiger partial charge in [0.05, 0.1) is 37.4 Å². The molecule has 1 aliphatic heterocycles. The highest BCUT2D eigenvalue weighted by Gasteiger charge is 2.35. The predicted octanol–water partition coefficient (Wildman–Crippen LogP) is 4.76. The number of ether oxygens (including phenoxy) is 3. The third kappa shape index (κ3) is 5.84. The number of carbonyl (C=O) groups excluding carboxylic acids is 1. The van der Waals surface area contributed by atoms with Crippen molar-refractivity contribution in [3.8, 4) is 5.75 Å². The monoisotopic (exact) mass is 445 g/mol. The van der Waals surface area contributed by atoms with Crippen LogP contribution in [0.25, 0.3) is 0 Å². The predicted molar refractivity (Wildman–Crippen MR) is 101 cm³/mol. The molecule has 168 valence electrons. The third-order valence-electron chi connectivity index (χ3n) is 4.90. The van der Waals surface area contributed by atoms with Crippen molar-refractivity contribution >= 4 is 11.7 Å². The van der Waals surface area contributed by atoms with Crippen molar-refractivity contribution < 1.29 is 41.0 Å². The zero-order valence-corrected chi connectivity index (χ0v) is 16.4. The van der Waals surface area contributed by atoms with Gasteiger partial charge in [-0.3, -0.25) is 0 Å². The van der Waals surface area contributed by atoms with Crippen molar-refractivity contribution in [3.63, 3.8) is 0 Å². The molecule has 2 aromatic carbocycles. The molecule has 1 saturated heterocycles. The molecule has 0 unspecified atom stereocenters. The van der Waals surface area contributed by atoms with Crippen LogP contribution in [0.2, 0.25) is 0 Å². The quantitative estimate of drug-likeness (QED) is 0.455. The lowest BCUT2D eigenvalue weighted by Gasteiger charge is -2.26. The number of alkyl halides is 5. The number of halogens is 5. The largest absolute Gasteiger partial charge is 0.489 e. The Labute approximate surface area is 175 Å². The van der Waals surface area contributed by atoms with Gasteiger partial charge in [0.15, 0.2) is 0 Å². The number of benzene rings is 2. The maximum Gasteiger partial charge on any atom is 0.416 e. The fraction of sp³-hybridized carbons (Fsp3) is 0.381. The van der Waals surface area contributed by atoms with Crippen molar-refractivity contribution in [1.29, 1.82) is 0 Å². The van der Waals surface area contributed by atoms with Crippen LogP contribution in [-0.4, -0.2) is 45.0 Å². The van der Waals surface area contributed by atoms with Crippen LogP contribution in [0.15, 0.2) is 48.5 Å². The van der Waals surface area contributed by atoms with Crippen LogP contribution in [0, 0.1) is 0 Å². The molecule has 2 atom stereocenters. The molecule has 0 bridgehead atoms. The zero-order chi connectivity index (χ0) is 22.6. The van der Waals surface area contributed by atoms with E-state index in [0.717, 1.165) is 12.1 Å². The zero-order valence-electron chi connectivity index (χ0n) is 16.4. The SMILES string of the molecule is COC(=O)c1ccc(N2C[C@@H](Oc3ccc(C(F)(F)F)cc3)C[C@H]2COC(F)F)cc1. The summed E-state index contributed by atoms with van der Waals surface area (Å²) >= 11 is 0. The average molecular weight is 445 g/mol. The number of esters is 1. The van der Waals surface area contributed by atoms with Crippen LogP contribution in [0.4, 0.5) is 27.6 Å². The summed E-state index contributed by atoms with van der Waals surface area (Å²) in [7, 11) is 1.26. The summed E-state index contributed by atoms with van der Waals surface area (Å²) in [4.78, 5) is 13.4. The molecule has 0 aromatic heterocycles. The van der Waals surface area contributed by atoms with E-state index in [1.165, 1.54) is 19.2 Å². The highest BCUT2D eigenvalue weighted by Crippen LogP contribution is 2.32. The number of hydrogen-bond donors (Lipinski definition) is 0. The van der Waals surface area contributed by atoms with Crippen molar-refractivity contribution in [1.82, 2.24) is 0 Å². The van der Waals surface area contributed by atoms with E-state index in [0.29, 0.717) is 24.2 Å². The molecule has 2 aromatic rings. The number of nitrogens with zero attached hydrogens (tertiary/aromatic N) is 1. The normalized spacial score (nSPS) is 19.0. The van der Waals surface area contributed by atoms with Crippen LogP contribution in [0.5, 0.6) is 5.75 Å². The van der Waals surface area contributed by atoms with Crippen molar-refractivity contribution in [3.05, 3.63) is 59.7 Å². The Kier molecular flexibility index (Phi) is 6.99. The molecule has 1 aliphatic rings. The van der Waals surface area contributed by atoms with Gasteiger partial charge in [0.25, 0.3) is 0 Å². The van der Waals surface area contributed by atoms with E-state index >= 15 is 0 Å². The first-order chi connectivity index (χ1) is 14.7. The van der Waals surface area contributed by atoms with Gasteiger partial charge in [-0.25, -0.2) is 4.79 Å². The number of hydrogen-bond acceptors (Lipinski definition) is 5. The summed E-state index contributed by atoms with van der Waals surface area (Å²) in [5.74, 6) is -0.261. The lowest BCUT2D eigenvalue weighted by Crippen LogP contribution is -2.34. The van der Waals surface area contributed by atoms with Crippen LogP contribution in [-0.2, 0) is 15.7 Å². The number of methoxy groups -OCH3 is 1. The molecule has 0 radical (unpaired) electrons. The fourth-order valence-corrected chi connectivity index (χ4v) is 3.44. The lowest BCUT2D eigenvalue weighted by atomic mass is 10.1. The summed E-state index contributed by atoms with van der Waals surface area (Å²) in [5.41, 5.74) is 0.208. The number of anilines is 1. The summed E-state index contributed by atoms with van der Waals surface area (Å²) in [6, 6.07) is 10.3. The van der Waals surface area contributed by atoms with Crippen LogP contribution < -0.4 is 9.64 Å². The Morgan fingerprint density at radius 2 is 1.74 bits per heavy atom. The molecule has 0 N–H and O–H groups in total. The second-order valence-electron chi connectivity index (χ2n) is 6.94. The van der Waals surface area contributed by atoms with Gasteiger partial charge in [-0.1, -0.05) is 0 Å². The fourth-order valence-electron chi connectivity index (χ4n) is 3.44. The van der Waals surface area contributed by atoms with Crippen LogP contribution in [0.1, 0.15) is 22.3 Å². The van der Waals surface area contributed by atoms with Gasteiger partial charge in [-0.15, -0.1) is 0 Å². The first-order valence-corrected chi connectivity index (χ1v) is 9.36. The van der Waals surface area contributed by atoms with Gasteiger partial charge in [0, 0.05) is 12.1 Å². The minimum absolute atomic E-state index is 0.245. The van der Waals surface area contributed by atoms with Crippen molar-refractivity contribution in [2.24, 2.45) is 0 Å². The lowest BCUT2D eigenvalue weighted by molar-refractivity contribution is -0.137. The summed E-state index contributed by atoms with van der Waals surface area (Å²) in [6.45, 7) is -2.89. The standard InChI is InChI=1S/C21H20F5NO4/c1-29-19(28)13-2-6-15(7-3-13)27-11-18(10-16(27)12-30-20(22)23)31-17-8-4-14(5-9-17)21(24,25)26/h2-9,16,18,20H,10-12H2,1H3/t16-,18-/m0/s1. The number of carbonyl (C=O) groups is 1. The van der Waals surface area contributed by atoms with E-state index in [1.54, 1.807) is 29.2 Å². The minimum atomic E-state index is -4.45. The second-order valence-corrected chi connectivity index (χ2v) is 6.94. The van der Waals surface area contributed by atoms with E-state index in [1.807, 2.05) is 0 Å². The molecular weight excluding hydrogens is 425 g/mol. The third-order valence-corrected chi connectivity index (χ3v) is 4.90. The minimum Gasteiger partial charge on any atom is -0.489 e. The molecule has 31 heavy (non-hydrogen) atoms. The van der Waals surface area contributed by atoms with E-state index in [-0.39, 0.29) is 12.4 Å². The molecule has 0 spiro atoms. The van der Waals surface area contributed by atoms with Crippen LogP contribution in [0.3, 0.4) is 0 Å². The highest BCUT2D eigenvalue weighted by molar-refractivity contribution is 5.89. The molecule has 1 fully saturated rings. The molecule has 0 saturated carbocycles. The summed E-state index contributed by atoms with van der Waals surface area (Å²) in [5, 5.41) is 0. The molecule has 0 aliphatic carbocycles. The molecule has 5 nitrogen and oxygen atoms in total. The smallest absolute Gasteiger partial charge is 0.416 e. The van der Waals surface area contributed by atoms with Crippen molar-refractivity contribution in [2.75, 3.05) is 25.2 Å². The maximum atomic E-state index is 12.7. The molecule has 1 heterocycles. The molecule has 3 rings (SSSR count). The van der Waals surface area contributed by atoms with Crippen molar-refractivity contribution in [2.45, 2.75) is 31.4 Å². The maximum absolute atomic E-state index is 12.7. The highest BCUT2D eigenvalue weighted by atomic mass is 19.4.